The van der Waals surface area contributed by atoms with Gasteiger partial charge in [-0.3, -0.25) is 14.5 Å². The van der Waals surface area contributed by atoms with Gasteiger partial charge in [-0.1, -0.05) is 67.4 Å². The molecule has 2 aliphatic rings. The van der Waals surface area contributed by atoms with Gasteiger partial charge < -0.3 is 4.90 Å². The van der Waals surface area contributed by atoms with E-state index in [9.17, 15) is 9.59 Å². The minimum atomic E-state index is -0.290. The van der Waals surface area contributed by atoms with Gasteiger partial charge in [0.05, 0.1) is 10.6 Å². The molecule has 0 radical (unpaired) electrons. The predicted molar refractivity (Wildman–Crippen MR) is 115 cm³/mol. The van der Waals surface area contributed by atoms with Crippen LogP contribution in [0.2, 0.25) is 10.0 Å². The molecule has 150 valence electrons. The van der Waals surface area contributed by atoms with Crippen LogP contribution in [-0.2, 0) is 22.6 Å². The van der Waals surface area contributed by atoms with Crippen LogP contribution in [0.25, 0.3) is 5.57 Å². The van der Waals surface area contributed by atoms with Crippen LogP contribution in [0.4, 0.5) is 0 Å². The summed E-state index contributed by atoms with van der Waals surface area (Å²) in [7, 11) is 0. The highest BCUT2D eigenvalue weighted by Gasteiger charge is 2.42. The summed E-state index contributed by atoms with van der Waals surface area (Å²) in [6.07, 6.45) is 0.826. The minimum Gasteiger partial charge on any atom is -0.362 e. The van der Waals surface area contributed by atoms with Crippen LogP contribution in [0.1, 0.15) is 30.5 Å². The van der Waals surface area contributed by atoms with Gasteiger partial charge in [-0.05, 0) is 35.6 Å². The molecule has 0 fully saturated rings. The Labute approximate surface area is 180 Å². The third-order valence-electron chi connectivity index (χ3n) is 5.34. The fourth-order valence-electron chi connectivity index (χ4n) is 4.01. The van der Waals surface area contributed by atoms with E-state index in [-0.39, 0.29) is 17.7 Å². The number of carbonyl (C=O) groups is 2. The maximum atomic E-state index is 13.4. The van der Waals surface area contributed by atoms with Gasteiger partial charge in [0, 0.05) is 30.2 Å². The lowest BCUT2D eigenvalue weighted by Crippen LogP contribution is -2.38. The van der Waals surface area contributed by atoms with Crippen molar-refractivity contribution >= 4 is 40.6 Å². The smallest absolute Gasteiger partial charge is 0.277 e. The van der Waals surface area contributed by atoms with Crippen molar-refractivity contribution in [2.75, 3.05) is 13.1 Å². The molecule has 29 heavy (non-hydrogen) atoms. The maximum absolute atomic E-state index is 13.4. The van der Waals surface area contributed by atoms with Crippen molar-refractivity contribution in [1.82, 2.24) is 9.80 Å². The molecule has 6 heteroatoms. The number of fused-ring (bicyclic) bond motifs is 1. The summed E-state index contributed by atoms with van der Waals surface area (Å²) in [5.74, 6) is -0.364. The Morgan fingerprint density at radius 3 is 2.41 bits per heavy atom. The molecule has 2 heterocycles. The van der Waals surface area contributed by atoms with Gasteiger partial charge in [0.2, 0.25) is 0 Å². The first kappa shape index (κ1) is 20.0. The van der Waals surface area contributed by atoms with E-state index in [0.717, 1.165) is 6.42 Å². The summed E-state index contributed by atoms with van der Waals surface area (Å²) >= 11 is 12.5. The van der Waals surface area contributed by atoms with Gasteiger partial charge >= 0.3 is 0 Å². The Morgan fingerprint density at radius 2 is 1.72 bits per heavy atom. The molecule has 0 atom stereocenters. The van der Waals surface area contributed by atoms with Crippen LogP contribution in [-0.4, -0.2) is 34.7 Å². The molecule has 0 N–H and O–H groups in total. The zero-order valence-electron chi connectivity index (χ0n) is 16.4. The number of nitrogens with zero attached hydrogens (tertiary/aromatic N) is 2. The number of halogens is 2. The van der Waals surface area contributed by atoms with Crippen molar-refractivity contribution in [2.24, 2.45) is 5.92 Å². The summed E-state index contributed by atoms with van der Waals surface area (Å²) in [6, 6.07) is 13.2. The molecule has 0 spiro atoms. The lowest BCUT2D eigenvalue weighted by Gasteiger charge is -2.31. The van der Waals surface area contributed by atoms with E-state index in [1.54, 1.807) is 18.2 Å². The van der Waals surface area contributed by atoms with Crippen LogP contribution in [0.5, 0.6) is 0 Å². The van der Waals surface area contributed by atoms with Crippen molar-refractivity contribution in [2.45, 2.75) is 26.8 Å². The monoisotopic (exact) mass is 428 g/mol. The van der Waals surface area contributed by atoms with E-state index < -0.39 is 0 Å². The molecule has 0 saturated carbocycles. The molecule has 4 rings (SSSR count). The summed E-state index contributed by atoms with van der Waals surface area (Å²) < 4.78 is 0. The van der Waals surface area contributed by atoms with E-state index in [1.165, 1.54) is 16.0 Å². The molecule has 2 amide bonds. The van der Waals surface area contributed by atoms with Crippen LogP contribution >= 0.6 is 23.2 Å². The SMILES string of the molecule is CC(C)CN1C(=O)C(c2ccc(Cl)cc2Cl)=C(N2CCc3ccccc3C2)C1=O. The largest absolute Gasteiger partial charge is 0.362 e. The highest BCUT2D eigenvalue weighted by molar-refractivity contribution is 6.41. The Bertz CT molecular complexity index is 1030. The molecule has 2 aromatic carbocycles. The zero-order valence-corrected chi connectivity index (χ0v) is 17.9. The molecule has 2 aliphatic heterocycles. The minimum absolute atomic E-state index is 0.172. The molecule has 0 saturated heterocycles. The molecular weight excluding hydrogens is 407 g/mol. The number of rotatable bonds is 4. The fraction of sp³-hybridized carbons (Fsp3) is 0.304. The highest BCUT2D eigenvalue weighted by Crippen LogP contribution is 2.38. The Hall–Kier alpha value is -2.30. The molecular formula is C23H22Cl2N2O2. The van der Waals surface area contributed by atoms with Crippen molar-refractivity contribution in [3.63, 3.8) is 0 Å². The first-order valence-electron chi connectivity index (χ1n) is 9.74. The summed E-state index contributed by atoms with van der Waals surface area (Å²) in [4.78, 5) is 30.0. The number of imide groups is 1. The van der Waals surface area contributed by atoms with E-state index in [2.05, 4.69) is 12.1 Å². The number of carbonyl (C=O) groups excluding carboxylic acids is 2. The number of amides is 2. The van der Waals surface area contributed by atoms with Crippen molar-refractivity contribution < 1.29 is 9.59 Å². The zero-order chi connectivity index (χ0) is 20.7. The van der Waals surface area contributed by atoms with E-state index in [1.807, 2.05) is 30.9 Å². The summed E-state index contributed by atoms with van der Waals surface area (Å²) in [5.41, 5.74) is 3.82. The predicted octanol–water partition coefficient (Wildman–Crippen LogP) is 4.79. The topological polar surface area (TPSA) is 40.6 Å². The second kappa shape index (κ2) is 7.85. The van der Waals surface area contributed by atoms with E-state index >= 15 is 0 Å². The van der Waals surface area contributed by atoms with E-state index in [4.69, 9.17) is 23.2 Å². The van der Waals surface area contributed by atoms with Gasteiger partial charge in [-0.15, -0.1) is 0 Å². The molecule has 2 aromatic rings. The molecule has 0 aliphatic carbocycles. The number of hydrogen-bond acceptors (Lipinski definition) is 3. The fourth-order valence-corrected chi connectivity index (χ4v) is 4.51. The van der Waals surface area contributed by atoms with Gasteiger partial charge in [0.25, 0.3) is 11.8 Å². The standard InChI is InChI=1S/C23H22Cl2N2O2/c1-14(2)12-27-22(28)20(18-8-7-17(24)11-19(18)25)21(23(27)29)26-10-9-15-5-3-4-6-16(15)13-26/h3-8,11,14H,9-10,12-13H2,1-2H3. The molecule has 0 aromatic heterocycles. The first-order chi connectivity index (χ1) is 13.9. The third kappa shape index (κ3) is 3.67. The van der Waals surface area contributed by atoms with Gasteiger partial charge in [0.1, 0.15) is 5.70 Å². The van der Waals surface area contributed by atoms with Crippen molar-refractivity contribution in [1.29, 1.82) is 0 Å². The molecule has 4 nitrogen and oxygen atoms in total. The lowest BCUT2D eigenvalue weighted by atomic mass is 9.98. The normalized spacial score (nSPS) is 16.9. The van der Waals surface area contributed by atoms with Crippen LogP contribution in [0, 0.1) is 5.92 Å². The summed E-state index contributed by atoms with van der Waals surface area (Å²) in [6.45, 7) is 5.62. The Balaban J connectivity index is 1.82. The van der Waals surface area contributed by atoms with Gasteiger partial charge in [-0.25, -0.2) is 0 Å². The molecule has 0 unspecified atom stereocenters. The second-order valence-electron chi connectivity index (χ2n) is 7.90. The molecule has 0 bridgehead atoms. The average molecular weight is 429 g/mol. The quantitative estimate of drug-likeness (QED) is 0.657. The van der Waals surface area contributed by atoms with Crippen LogP contribution in [0.3, 0.4) is 0 Å². The van der Waals surface area contributed by atoms with Crippen LogP contribution in [0.15, 0.2) is 48.2 Å². The van der Waals surface area contributed by atoms with E-state index in [0.29, 0.717) is 46.5 Å². The maximum Gasteiger partial charge on any atom is 0.277 e. The highest BCUT2D eigenvalue weighted by atomic mass is 35.5. The third-order valence-corrected chi connectivity index (χ3v) is 5.89. The Morgan fingerprint density at radius 1 is 1.00 bits per heavy atom. The Kier molecular flexibility index (Phi) is 5.41. The number of benzene rings is 2. The van der Waals surface area contributed by atoms with Crippen LogP contribution < -0.4 is 0 Å². The summed E-state index contributed by atoms with van der Waals surface area (Å²) in [5, 5.41) is 0.860. The van der Waals surface area contributed by atoms with Crippen molar-refractivity contribution in [3.05, 3.63) is 74.9 Å². The number of hydrogen-bond donors (Lipinski definition) is 0. The second-order valence-corrected chi connectivity index (χ2v) is 8.75. The van der Waals surface area contributed by atoms with Gasteiger partial charge in [-0.2, -0.15) is 0 Å². The average Bonchev–Trinajstić information content (AvgIpc) is 2.92. The first-order valence-corrected chi connectivity index (χ1v) is 10.5. The van der Waals surface area contributed by atoms with Crippen molar-refractivity contribution in [3.8, 4) is 0 Å². The lowest BCUT2D eigenvalue weighted by molar-refractivity contribution is -0.138. The van der Waals surface area contributed by atoms with Gasteiger partial charge in [0.15, 0.2) is 0 Å².